The molecule has 0 aliphatic rings. The van der Waals surface area contributed by atoms with Gasteiger partial charge in [0, 0.05) is 13.3 Å². The van der Waals surface area contributed by atoms with Crippen molar-refractivity contribution in [3.8, 4) is 0 Å². The normalized spacial score (nSPS) is 10.4. The van der Waals surface area contributed by atoms with E-state index in [1.54, 1.807) is 0 Å². The first-order valence-electron chi connectivity index (χ1n) is 5.32. The molecule has 1 aromatic rings. The van der Waals surface area contributed by atoms with E-state index in [9.17, 15) is 4.79 Å². The Kier molecular flexibility index (Phi) is 4.35. The molecule has 2 heteroatoms. The van der Waals surface area contributed by atoms with Crippen LogP contribution in [0.3, 0.4) is 0 Å². The highest BCUT2D eigenvalue weighted by Crippen LogP contribution is 2.14. The number of hydrogen-bond acceptors (Lipinski definition) is 2. The highest BCUT2D eigenvalue weighted by atomic mass is 16.5. The van der Waals surface area contributed by atoms with Crippen LogP contribution in [0.2, 0.25) is 0 Å². The zero-order valence-corrected chi connectivity index (χ0v) is 9.62. The Bertz CT molecular complexity index is 312. The van der Waals surface area contributed by atoms with E-state index in [0.717, 1.165) is 6.42 Å². The predicted molar refractivity (Wildman–Crippen MR) is 60.9 cm³/mol. The van der Waals surface area contributed by atoms with E-state index in [0.29, 0.717) is 12.5 Å². The number of rotatable bonds is 4. The quantitative estimate of drug-likeness (QED) is 0.708. The Labute approximate surface area is 91.3 Å². The predicted octanol–water partition coefficient (Wildman–Crippen LogP) is 2.92. The van der Waals surface area contributed by atoms with Crippen LogP contribution in [0.1, 0.15) is 37.8 Å². The summed E-state index contributed by atoms with van der Waals surface area (Å²) in [4.78, 5) is 10.6. The van der Waals surface area contributed by atoms with Crippen LogP contribution in [0.4, 0.5) is 0 Å². The summed E-state index contributed by atoms with van der Waals surface area (Å²) >= 11 is 0. The zero-order chi connectivity index (χ0) is 11.3. The van der Waals surface area contributed by atoms with Gasteiger partial charge in [-0.25, -0.2) is 0 Å². The monoisotopic (exact) mass is 206 g/mol. The van der Waals surface area contributed by atoms with Crippen LogP contribution in [0, 0.1) is 0 Å². The molecule has 0 bridgehead atoms. The fourth-order valence-corrected chi connectivity index (χ4v) is 1.38. The van der Waals surface area contributed by atoms with Crippen LogP contribution < -0.4 is 0 Å². The molecular weight excluding hydrogens is 188 g/mol. The SMILES string of the molecule is CC(=O)OCCc1ccc(C(C)C)cc1. The summed E-state index contributed by atoms with van der Waals surface area (Å²) in [5.41, 5.74) is 2.55. The molecule has 0 heterocycles. The van der Waals surface area contributed by atoms with Crippen molar-refractivity contribution in [1.29, 1.82) is 0 Å². The topological polar surface area (TPSA) is 26.3 Å². The average molecular weight is 206 g/mol. The second-order valence-corrected chi connectivity index (χ2v) is 3.99. The van der Waals surface area contributed by atoms with Gasteiger partial charge in [0.05, 0.1) is 6.61 Å². The van der Waals surface area contributed by atoms with Crippen molar-refractivity contribution in [3.05, 3.63) is 35.4 Å². The van der Waals surface area contributed by atoms with E-state index < -0.39 is 0 Å². The smallest absolute Gasteiger partial charge is 0.302 e. The summed E-state index contributed by atoms with van der Waals surface area (Å²) in [5, 5.41) is 0. The number of ether oxygens (including phenoxy) is 1. The molecule has 0 aliphatic heterocycles. The lowest BCUT2D eigenvalue weighted by atomic mass is 10.0. The molecule has 82 valence electrons. The molecule has 1 rings (SSSR count). The van der Waals surface area contributed by atoms with Gasteiger partial charge in [0.2, 0.25) is 0 Å². The Morgan fingerprint density at radius 3 is 2.33 bits per heavy atom. The van der Waals surface area contributed by atoms with Crippen LogP contribution in [0.5, 0.6) is 0 Å². The summed E-state index contributed by atoms with van der Waals surface area (Å²) in [6.45, 7) is 6.25. The first-order chi connectivity index (χ1) is 7.09. The van der Waals surface area contributed by atoms with Crippen molar-refractivity contribution in [1.82, 2.24) is 0 Å². The fourth-order valence-electron chi connectivity index (χ4n) is 1.38. The fraction of sp³-hybridized carbons (Fsp3) is 0.462. The molecule has 0 aromatic heterocycles. The van der Waals surface area contributed by atoms with E-state index in [1.165, 1.54) is 18.1 Å². The summed E-state index contributed by atoms with van der Waals surface area (Å²) in [6.07, 6.45) is 0.790. The van der Waals surface area contributed by atoms with Crippen molar-refractivity contribution in [2.45, 2.75) is 33.1 Å². The van der Waals surface area contributed by atoms with E-state index >= 15 is 0 Å². The largest absolute Gasteiger partial charge is 0.466 e. The lowest BCUT2D eigenvalue weighted by molar-refractivity contribution is -0.140. The zero-order valence-electron chi connectivity index (χ0n) is 9.62. The maximum absolute atomic E-state index is 10.6. The molecule has 0 N–H and O–H groups in total. The van der Waals surface area contributed by atoms with E-state index in [4.69, 9.17) is 4.74 Å². The second kappa shape index (κ2) is 5.54. The third kappa shape index (κ3) is 4.15. The Morgan fingerprint density at radius 2 is 1.87 bits per heavy atom. The van der Waals surface area contributed by atoms with E-state index in [-0.39, 0.29) is 5.97 Å². The van der Waals surface area contributed by atoms with Crippen molar-refractivity contribution in [3.63, 3.8) is 0 Å². The lowest BCUT2D eigenvalue weighted by Crippen LogP contribution is -2.03. The molecule has 0 unspecified atom stereocenters. The molecule has 0 saturated carbocycles. The Hall–Kier alpha value is -1.31. The molecule has 0 spiro atoms. The summed E-state index contributed by atoms with van der Waals surface area (Å²) in [7, 11) is 0. The van der Waals surface area contributed by atoms with Gasteiger partial charge < -0.3 is 4.74 Å². The maximum Gasteiger partial charge on any atom is 0.302 e. The van der Waals surface area contributed by atoms with E-state index in [1.807, 2.05) is 0 Å². The van der Waals surface area contributed by atoms with Gasteiger partial charge in [0.1, 0.15) is 0 Å². The molecule has 0 saturated heterocycles. The minimum absolute atomic E-state index is 0.214. The Morgan fingerprint density at radius 1 is 1.27 bits per heavy atom. The highest BCUT2D eigenvalue weighted by molar-refractivity contribution is 5.65. The van der Waals surface area contributed by atoms with Crippen molar-refractivity contribution in [2.75, 3.05) is 6.61 Å². The van der Waals surface area contributed by atoms with Gasteiger partial charge in [0.15, 0.2) is 0 Å². The number of benzene rings is 1. The maximum atomic E-state index is 10.6. The third-order valence-corrected chi connectivity index (χ3v) is 2.34. The number of esters is 1. The van der Waals surface area contributed by atoms with Crippen LogP contribution in [0.25, 0.3) is 0 Å². The standard InChI is InChI=1S/C13H18O2/c1-10(2)13-6-4-12(5-7-13)8-9-15-11(3)14/h4-7,10H,8-9H2,1-3H3. The van der Waals surface area contributed by atoms with E-state index in [2.05, 4.69) is 38.1 Å². The third-order valence-electron chi connectivity index (χ3n) is 2.34. The number of carbonyl (C=O) groups is 1. The molecule has 0 radical (unpaired) electrons. The molecule has 2 nitrogen and oxygen atoms in total. The van der Waals surface area contributed by atoms with Crippen molar-refractivity contribution < 1.29 is 9.53 Å². The minimum Gasteiger partial charge on any atom is -0.466 e. The lowest BCUT2D eigenvalue weighted by Gasteiger charge is -2.06. The number of hydrogen-bond donors (Lipinski definition) is 0. The van der Waals surface area contributed by atoms with Crippen LogP contribution >= 0.6 is 0 Å². The van der Waals surface area contributed by atoms with Gasteiger partial charge in [-0.15, -0.1) is 0 Å². The van der Waals surface area contributed by atoms with Crippen LogP contribution in [-0.4, -0.2) is 12.6 Å². The van der Waals surface area contributed by atoms with Gasteiger partial charge in [-0.05, 0) is 17.0 Å². The molecule has 0 aliphatic carbocycles. The van der Waals surface area contributed by atoms with Crippen molar-refractivity contribution >= 4 is 5.97 Å². The molecule has 0 amide bonds. The minimum atomic E-state index is -0.214. The van der Waals surface area contributed by atoms with Crippen molar-refractivity contribution in [2.24, 2.45) is 0 Å². The first kappa shape index (κ1) is 11.8. The van der Waals surface area contributed by atoms with Gasteiger partial charge in [-0.3, -0.25) is 4.79 Å². The first-order valence-corrected chi connectivity index (χ1v) is 5.32. The Balaban J connectivity index is 2.46. The molecule has 1 aromatic carbocycles. The van der Waals surface area contributed by atoms with Gasteiger partial charge in [-0.1, -0.05) is 38.1 Å². The molecule has 15 heavy (non-hydrogen) atoms. The molecule has 0 fully saturated rings. The summed E-state index contributed by atoms with van der Waals surface area (Å²) in [5.74, 6) is 0.348. The van der Waals surface area contributed by atoms with Crippen LogP contribution in [-0.2, 0) is 16.0 Å². The average Bonchev–Trinajstić information content (AvgIpc) is 2.18. The molecular formula is C13H18O2. The highest BCUT2D eigenvalue weighted by Gasteiger charge is 1.99. The summed E-state index contributed by atoms with van der Waals surface area (Å²) < 4.78 is 4.88. The summed E-state index contributed by atoms with van der Waals surface area (Å²) in [6, 6.07) is 8.46. The molecule has 0 atom stereocenters. The number of carbonyl (C=O) groups excluding carboxylic acids is 1. The van der Waals surface area contributed by atoms with Gasteiger partial charge in [-0.2, -0.15) is 0 Å². The van der Waals surface area contributed by atoms with Crippen LogP contribution in [0.15, 0.2) is 24.3 Å². The van der Waals surface area contributed by atoms with Gasteiger partial charge >= 0.3 is 5.97 Å². The van der Waals surface area contributed by atoms with Gasteiger partial charge in [0.25, 0.3) is 0 Å². The second-order valence-electron chi connectivity index (χ2n) is 3.99.